The van der Waals surface area contributed by atoms with Gasteiger partial charge in [-0.25, -0.2) is 4.98 Å². The van der Waals surface area contributed by atoms with Crippen LogP contribution in [0, 0.1) is 5.92 Å². The summed E-state index contributed by atoms with van der Waals surface area (Å²) in [4.78, 5) is 172. The van der Waals surface area contributed by atoms with Gasteiger partial charge in [0.15, 0.2) is 5.96 Å². The molecule has 0 saturated carbocycles. The summed E-state index contributed by atoms with van der Waals surface area (Å²) >= 11 is 0. The molecule has 95 heavy (non-hydrogen) atoms. The van der Waals surface area contributed by atoms with Gasteiger partial charge in [-0.15, -0.1) is 0 Å². The van der Waals surface area contributed by atoms with E-state index in [4.69, 9.17) is 17.2 Å². The summed E-state index contributed by atoms with van der Waals surface area (Å²) in [6, 6.07) is 7.78. The van der Waals surface area contributed by atoms with Crippen LogP contribution in [0.3, 0.4) is 0 Å². The Balaban J connectivity index is 1.05. The van der Waals surface area contributed by atoms with Crippen LogP contribution in [-0.4, -0.2) is 187 Å². The number of carbonyl (C=O) groups is 11. The van der Waals surface area contributed by atoms with Crippen LogP contribution in [0.4, 0.5) is 0 Å². The monoisotopic (exact) mass is 1310 g/mol. The maximum absolute atomic E-state index is 15.1. The Hall–Kier alpha value is -10.8. The zero-order chi connectivity index (χ0) is 68.3. The lowest BCUT2D eigenvalue weighted by Gasteiger charge is -2.30. The van der Waals surface area contributed by atoms with Gasteiger partial charge >= 0.3 is 0 Å². The lowest BCUT2D eigenvalue weighted by atomic mass is 9.99. The molecule has 2 fully saturated rings. The van der Waals surface area contributed by atoms with Crippen LogP contribution in [0.1, 0.15) is 81.2 Å². The number of aromatic nitrogens is 4. The minimum atomic E-state index is -1.80. The van der Waals surface area contributed by atoms with Crippen molar-refractivity contribution in [2.45, 2.75) is 139 Å². The number of imidazole rings is 1. The Morgan fingerprint density at radius 3 is 1.72 bits per heavy atom. The number of aromatic hydroxyl groups is 1. The molecule has 2 saturated heterocycles. The maximum atomic E-state index is 15.1. The summed E-state index contributed by atoms with van der Waals surface area (Å²) in [5, 5.41) is 46.5. The first-order chi connectivity index (χ1) is 45.5. The quantitative estimate of drug-likeness (QED) is 0.0117. The smallest absolute Gasteiger partial charge is 0.245 e. The first kappa shape index (κ1) is 70.0. The second-order valence-electron chi connectivity index (χ2n) is 24.0. The van der Waals surface area contributed by atoms with Gasteiger partial charge in [-0.2, -0.15) is 0 Å². The van der Waals surface area contributed by atoms with Crippen molar-refractivity contribution in [3.63, 3.8) is 0 Å². The van der Waals surface area contributed by atoms with Crippen LogP contribution in [0.15, 0.2) is 103 Å². The SMILES string of the molecule is CC(C)C[C@H](NC(=O)[C@@H](Cc1c[nH]c2ccccc12)NC(=O)[C@@H](Cc1ccc(O)cc1)NC(=O)[C@H](CO)NC(=O)[C@H](Cc1c[nH]c2ccccc12)NC(=O)[C@H](Cc1cnc[nH]1)NC(=O)[C@@H]1CCC(=O)N1)C(=O)N[C@@H](CCCN=C(N)N)C(=O)N1CCC[C@H]1C(=O)NCC(N)=O. The Morgan fingerprint density at radius 2 is 1.18 bits per heavy atom. The molecule has 0 aliphatic carbocycles. The van der Waals surface area contributed by atoms with Gasteiger partial charge in [0.2, 0.25) is 65.0 Å². The van der Waals surface area contributed by atoms with Crippen molar-refractivity contribution in [2.75, 3.05) is 26.2 Å². The molecule has 6 aromatic rings. The third-order valence-electron chi connectivity index (χ3n) is 16.4. The number of rotatable bonds is 33. The summed E-state index contributed by atoms with van der Waals surface area (Å²) < 4.78 is 0. The number of nitrogens with zero attached hydrogens (tertiary/aromatic N) is 3. The fourth-order valence-corrected chi connectivity index (χ4v) is 11.5. The van der Waals surface area contributed by atoms with E-state index in [1.54, 1.807) is 74.8 Å². The van der Waals surface area contributed by atoms with Crippen molar-refractivity contribution in [1.82, 2.24) is 72.7 Å². The minimum absolute atomic E-state index is 0.00905. The molecule has 0 spiro atoms. The highest BCUT2D eigenvalue weighted by Gasteiger charge is 2.40. The van der Waals surface area contributed by atoms with Crippen molar-refractivity contribution >= 4 is 92.7 Å². The third kappa shape index (κ3) is 19.6. The Bertz CT molecular complexity index is 3750. The largest absolute Gasteiger partial charge is 0.508 e. The molecule has 8 rings (SSSR count). The molecule has 3 aromatic carbocycles. The van der Waals surface area contributed by atoms with Gasteiger partial charge in [0.25, 0.3) is 0 Å². The number of aromatic amines is 3. The molecule has 0 bridgehead atoms. The molecule has 2 aliphatic rings. The lowest BCUT2D eigenvalue weighted by Crippen LogP contribution is -2.61. The van der Waals surface area contributed by atoms with Gasteiger partial charge in [-0.1, -0.05) is 62.4 Å². The zero-order valence-corrected chi connectivity index (χ0v) is 52.6. The van der Waals surface area contributed by atoms with E-state index < -0.39 is 127 Å². The minimum Gasteiger partial charge on any atom is -0.508 e. The number of guanidine groups is 1. The van der Waals surface area contributed by atoms with Gasteiger partial charge in [-0.05, 0) is 85.4 Å². The number of hydrogen-bond acceptors (Lipinski definition) is 15. The molecule has 31 nitrogen and oxygen atoms in total. The van der Waals surface area contributed by atoms with Gasteiger partial charge in [0.1, 0.15) is 60.1 Å². The van der Waals surface area contributed by atoms with Gasteiger partial charge in [0, 0.05) is 91.3 Å². The molecule has 506 valence electrons. The summed E-state index contributed by atoms with van der Waals surface area (Å²) in [5.74, 6) is -9.04. The predicted molar refractivity (Wildman–Crippen MR) is 346 cm³/mol. The summed E-state index contributed by atoms with van der Waals surface area (Å²) in [7, 11) is 0. The molecular formula is C64H82N18O13. The van der Waals surface area contributed by atoms with Crippen LogP contribution < -0.4 is 65.1 Å². The van der Waals surface area contributed by atoms with E-state index in [0.29, 0.717) is 50.6 Å². The third-order valence-corrected chi connectivity index (χ3v) is 16.4. The number of nitrogens with two attached hydrogens (primary N) is 3. The van der Waals surface area contributed by atoms with E-state index in [9.17, 15) is 53.4 Å². The number of aliphatic hydroxyl groups excluding tert-OH is 1. The number of amides is 11. The molecule has 20 N–H and O–H groups in total. The molecule has 11 amide bonds. The average molecular weight is 1310 g/mol. The van der Waals surface area contributed by atoms with Gasteiger partial charge in [0.05, 0.1) is 19.5 Å². The highest BCUT2D eigenvalue weighted by Crippen LogP contribution is 2.24. The number of para-hydroxylation sites is 2. The summed E-state index contributed by atoms with van der Waals surface area (Å²) in [6.45, 7) is 2.33. The second-order valence-corrected chi connectivity index (χ2v) is 24.0. The molecule has 5 heterocycles. The van der Waals surface area contributed by atoms with Crippen molar-refractivity contribution < 1.29 is 63.0 Å². The molecule has 31 heteroatoms. The Labute approximate surface area is 545 Å². The number of carbonyl (C=O) groups excluding carboxylic acids is 11. The van der Waals surface area contributed by atoms with Crippen LogP contribution in [-0.2, 0) is 78.4 Å². The topological polar surface area (TPSA) is 490 Å². The maximum Gasteiger partial charge on any atom is 0.245 e. The number of phenols is 1. The van der Waals surface area contributed by atoms with Crippen LogP contribution in [0.25, 0.3) is 21.8 Å². The lowest BCUT2D eigenvalue weighted by molar-refractivity contribution is -0.142. The number of benzene rings is 3. The normalized spacial score (nSPS) is 16.6. The summed E-state index contributed by atoms with van der Waals surface area (Å²) in [6.07, 6.45) is 6.51. The summed E-state index contributed by atoms with van der Waals surface area (Å²) in [5.41, 5.74) is 19.8. The number of aliphatic hydroxyl groups is 1. The van der Waals surface area contributed by atoms with E-state index in [-0.39, 0.29) is 101 Å². The number of primary amides is 1. The molecule has 0 radical (unpaired) electrons. The van der Waals surface area contributed by atoms with Crippen molar-refractivity contribution in [3.8, 4) is 5.75 Å². The second kappa shape index (κ2) is 33.1. The van der Waals surface area contributed by atoms with Crippen LogP contribution >= 0.6 is 0 Å². The Kier molecular flexibility index (Phi) is 24.4. The van der Waals surface area contributed by atoms with E-state index >= 15 is 9.59 Å². The first-order valence-electron chi connectivity index (χ1n) is 31.3. The number of H-pyrrole nitrogens is 3. The zero-order valence-electron chi connectivity index (χ0n) is 52.6. The van der Waals surface area contributed by atoms with E-state index in [1.165, 1.54) is 41.7 Å². The number of hydrogen-bond donors (Lipinski definition) is 17. The van der Waals surface area contributed by atoms with Crippen LogP contribution in [0.5, 0.6) is 5.75 Å². The number of phenolic OH excluding ortho intramolecular Hbond substituents is 1. The number of likely N-dealkylation sites (tertiary alicyclic amines) is 1. The highest BCUT2D eigenvalue weighted by atomic mass is 16.3. The molecule has 0 unspecified atom stereocenters. The molecule has 9 atom stereocenters. The number of aliphatic imine (C=N–C) groups is 1. The fourth-order valence-electron chi connectivity index (χ4n) is 11.5. The van der Waals surface area contributed by atoms with Crippen molar-refractivity contribution in [3.05, 3.63) is 120 Å². The average Bonchev–Trinajstić information content (AvgIpc) is 1.81. The highest BCUT2D eigenvalue weighted by molar-refractivity contribution is 6.00. The van der Waals surface area contributed by atoms with Gasteiger partial charge in [-0.3, -0.25) is 57.7 Å². The van der Waals surface area contributed by atoms with E-state index in [1.807, 2.05) is 0 Å². The predicted octanol–water partition coefficient (Wildman–Crippen LogP) is -2.29. The first-order valence-corrected chi connectivity index (χ1v) is 31.3. The van der Waals surface area contributed by atoms with Crippen molar-refractivity contribution in [2.24, 2.45) is 28.1 Å². The van der Waals surface area contributed by atoms with Crippen molar-refractivity contribution in [1.29, 1.82) is 0 Å². The van der Waals surface area contributed by atoms with E-state index in [0.717, 1.165) is 0 Å². The van der Waals surface area contributed by atoms with Crippen LogP contribution in [0.2, 0.25) is 0 Å². The standard InChI is InChI=1S/C64H82N18O13/c1-34(2)23-46(56(88)75-45(13-7-21-69-64(66)67)63(95)82-22-8-14-52(82)62(94)72-31-53(65)85)76-58(90)48(25-36-28-70-42-11-5-3-9-40(36)42)78-57(89)47(24-35-15-17-39(84)18-16-35)77-61(93)51(32-83)81-59(91)49(26-37-29-71-43-12-6-4-10-41(37)43)79-60(92)50(27-38-30-68-33-73-38)80-55(87)44-19-20-54(86)74-44/h3-6,9-12,15-18,28-30,33-34,44-52,70-71,83-84H,7-8,13-14,19-27,31-32H2,1-2H3,(H2,65,85)(H,68,73)(H,72,94)(H,74,86)(H,75,88)(H,76,90)(H,77,93)(H,78,89)(H,79,92)(H,80,87)(H,81,91)(H4,66,67,69)/t44-,45-,46-,47+,48+,49-,50-,51-,52-/m0/s1. The van der Waals surface area contributed by atoms with Gasteiger partial charge < -0.3 is 95.1 Å². The fraction of sp³-hybridized carbons (Fsp3) is 0.422. The Morgan fingerprint density at radius 1 is 0.642 bits per heavy atom. The number of nitrogens with one attached hydrogen (secondary N) is 12. The molecular weight excluding hydrogens is 1230 g/mol. The molecule has 3 aromatic heterocycles. The molecule has 2 aliphatic heterocycles. The number of fused-ring (bicyclic) bond motifs is 2. The van der Waals surface area contributed by atoms with E-state index in [2.05, 4.69) is 72.8 Å².